The van der Waals surface area contributed by atoms with Gasteiger partial charge in [0, 0.05) is 0 Å². The lowest BCUT2D eigenvalue weighted by molar-refractivity contribution is 0.0594. The highest BCUT2D eigenvalue weighted by Crippen LogP contribution is 2.24. The van der Waals surface area contributed by atoms with Crippen molar-refractivity contribution in [1.82, 2.24) is 0 Å². The second-order valence-electron chi connectivity index (χ2n) is 2.34. The maximum atomic E-state index is 12.9. The Bertz CT molecular complexity index is 393. The predicted molar refractivity (Wildman–Crippen MR) is 45.4 cm³/mol. The highest BCUT2D eigenvalue weighted by atomic mass is 79.9. The third-order valence-electron chi connectivity index (χ3n) is 1.51. The number of hydrogen-bond acceptors (Lipinski definition) is 2. The van der Waals surface area contributed by atoms with Gasteiger partial charge in [-0.3, -0.25) is 0 Å². The summed E-state index contributed by atoms with van der Waals surface area (Å²) >= 11 is 2.64. The largest absolute Gasteiger partial charge is 0.465 e. The van der Waals surface area contributed by atoms with E-state index in [4.69, 9.17) is 0 Å². The lowest BCUT2D eigenvalue weighted by Gasteiger charge is -2.04. The second-order valence-corrected chi connectivity index (χ2v) is 3.19. The van der Waals surface area contributed by atoms with Gasteiger partial charge >= 0.3 is 5.97 Å². The number of esters is 1. The zero-order valence-electron chi connectivity index (χ0n) is 6.91. The molecule has 0 aliphatic carbocycles. The van der Waals surface area contributed by atoms with E-state index in [1.165, 1.54) is 0 Å². The summed E-state index contributed by atoms with van der Waals surface area (Å²) in [6.07, 6.45) is 0. The van der Waals surface area contributed by atoms with E-state index in [1.807, 2.05) is 0 Å². The molecule has 0 aliphatic heterocycles. The first-order chi connectivity index (χ1) is 6.49. The summed E-state index contributed by atoms with van der Waals surface area (Å²) in [5.74, 6) is -5.71. The Morgan fingerprint density at radius 3 is 2.36 bits per heavy atom. The first kappa shape index (κ1) is 11.0. The molecule has 0 amide bonds. The molecule has 0 aromatic heterocycles. The van der Waals surface area contributed by atoms with E-state index < -0.39 is 29.0 Å². The van der Waals surface area contributed by atoms with E-state index >= 15 is 0 Å². The monoisotopic (exact) mass is 268 g/mol. The fourth-order valence-corrected chi connectivity index (χ4v) is 1.23. The number of hydrogen-bond donors (Lipinski definition) is 0. The van der Waals surface area contributed by atoms with Crippen LogP contribution in [0.4, 0.5) is 13.2 Å². The van der Waals surface area contributed by atoms with Gasteiger partial charge in [-0.2, -0.15) is 0 Å². The Kier molecular flexibility index (Phi) is 3.15. The predicted octanol–water partition coefficient (Wildman–Crippen LogP) is 2.65. The summed E-state index contributed by atoms with van der Waals surface area (Å²) in [6.45, 7) is 0. The number of methoxy groups -OCH3 is 1. The Morgan fingerprint density at radius 2 is 1.86 bits per heavy atom. The van der Waals surface area contributed by atoms with E-state index in [0.29, 0.717) is 0 Å². The highest BCUT2D eigenvalue weighted by Gasteiger charge is 2.21. The lowest BCUT2D eigenvalue weighted by atomic mass is 10.2. The number of ether oxygens (including phenoxy) is 1. The number of carbonyl (C=O) groups is 1. The topological polar surface area (TPSA) is 26.3 Å². The van der Waals surface area contributed by atoms with Crippen molar-refractivity contribution in [2.75, 3.05) is 7.11 Å². The van der Waals surface area contributed by atoms with E-state index in [2.05, 4.69) is 20.7 Å². The molecule has 0 N–H and O–H groups in total. The summed E-state index contributed by atoms with van der Waals surface area (Å²) in [5, 5.41) is 0. The molecule has 0 saturated heterocycles. The Hall–Kier alpha value is -1.04. The van der Waals surface area contributed by atoms with Gasteiger partial charge in [0.05, 0.1) is 17.1 Å². The second kappa shape index (κ2) is 4.00. The molecule has 0 spiro atoms. The van der Waals surface area contributed by atoms with E-state index in [9.17, 15) is 18.0 Å². The molecule has 0 fully saturated rings. The maximum absolute atomic E-state index is 12.9. The summed E-state index contributed by atoms with van der Waals surface area (Å²) in [6, 6.07) is 0.819. The molecule has 1 rings (SSSR count). The molecule has 0 radical (unpaired) electrons. The summed E-state index contributed by atoms with van der Waals surface area (Å²) in [7, 11) is 1.01. The van der Waals surface area contributed by atoms with E-state index in [1.54, 1.807) is 0 Å². The molecule has 0 bridgehead atoms. The van der Waals surface area contributed by atoms with Crippen molar-refractivity contribution in [2.24, 2.45) is 0 Å². The van der Waals surface area contributed by atoms with Gasteiger partial charge in [0.2, 0.25) is 0 Å². The molecule has 0 atom stereocenters. The molecule has 2 nitrogen and oxygen atoms in total. The highest BCUT2D eigenvalue weighted by molar-refractivity contribution is 9.10. The van der Waals surface area contributed by atoms with Crippen LogP contribution in [0.2, 0.25) is 0 Å². The number of carbonyl (C=O) groups excluding carboxylic acids is 1. The van der Waals surface area contributed by atoms with Crippen LogP contribution in [0.5, 0.6) is 0 Å². The smallest absolute Gasteiger partial charge is 0.341 e. The molecule has 0 heterocycles. The molecule has 0 unspecified atom stereocenters. The first-order valence-electron chi connectivity index (χ1n) is 3.40. The minimum absolute atomic E-state index is 0.336. The summed E-state index contributed by atoms with van der Waals surface area (Å²) in [5.41, 5.74) is -0.654. The first-order valence-corrected chi connectivity index (χ1v) is 4.19. The van der Waals surface area contributed by atoms with Crippen molar-refractivity contribution in [3.63, 3.8) is 0 Å². The standard InChI is InChI=1S/C8H4BrF3O2/c1-14-8(13)3-2-4(9)6(11)7(12)5(3)10/h2H,1H3. The van der Waals surface area contributed by atoms with Gasteiger partial charge in [-0.15, -0.1) is 0 Å². The van der Waals surface area contributed by atoms with Crippen molar-refractivity contribution in [2.45, 2.75) is 0 Å². The Labute approximate surface area is 85.8 Å². The molecule has 0 saturated carbocycles. The Balaban J connectivity index is 3.40. The fraction of sp³-hybridized carbons (Fsp3) is 0.125. The number of halogens is 4. The average Bonchev–Trinajstić information content (AvgIpc) is 2.19. The van der Waals surface area contributed by atoms with Crippen LogP contribution in [0.25, 0.3) is 0 Å². The molecule has 0 aliphatic rings. The minimum Gasteiger partial charge on any atom is -0.465 e. The fourth-order valence-electron chi connectivity index (χ4n) is 0.831. The van der Waals surface area contributed by atoms with Gasteiger partial charge < -0.3 is 4.74 Å². The van der Waals surface area contributed by atoms with E-state index in [0.717, 1.165) is 13.2 Å². The minimum atomic E-state index is -1.71. The molecule has 1 aromatic carbocycles. The molecule has 14 heavy (non-hydrogen) atoms. The summed E-state index contributed by atoms with van der Waals surface area (Å²) < 4.78 is 42.3. The molecular weight excluding hydrogens is 265 g/mol. The van der Waals surface area contributed by atoms with Crippen molar-refractivity contribution in [1.29, 1.82) is 0 Å². The van der Waals surface area contributed by atoms with Crippen LogP contribution < -0.4 is 0 Å². The van der Waals surface area contributed by atoms with Crippen LogP contribution in [-0.2, 0) is 4.74 Å². The normalized spacial score (nSPS) is 10.1. The lowest BCUT2D eigenvalue weighted by Crippen LogP contribution is -2.08. The van der Waals surface area contributed by atoms with Crippen LogP contribution in [0.15, 0.2) is 10.5 Å². The van der Waals surface area contributed by atoms with Crippen LogP contribution in [-0.4, -0.2) is 13.1 Å². The van der Waals surface area contributed by atoms with Gasteiger partial charge in [-0.05, 0) is 22.0 Å². The van der Waals surface area contributed by atoms with Gasteiger partial charge in [0.15, 0.2) is 17.5 Å². The van der Waals surface area contributed by atoms with Crippen LogP contribution in [0, 0.1) is 17.5 Å². The molecule has 6 heteroatoms. The van der Waals surface area contributed by atoms with Gasteiger partial charge in [-0.25, -0.2) is 18.0 Å². The maximum Gasteiger partial charge on any atom is 0.341 e. The molecular formula is C8H4BrF3O2. The third-order valence-corrected chi connectivity index (χ3v) is 2.08. The SMILES string of the molecule is COC(=O)c1cc(Br)c(F)c(F)c1F. The van der Waals surface area contributed by atoms with Gasteiger partial charge in [0.1, 0.15) is 0 Å². The van der Waals surface area contributed by atoms with Gasteiger partial charge in [0.25, 0.3) is 0 Å². The molecule has 1 aromatic rings. The number of benzene rings is 1. The Morgan fingerprint density at radius 1 is 1.29 bits per heavy atom. The summed E-state index contributed by atoms with van der Waals surface area (Å²) in [4.78, 5) is 10.9. The third kappa shape index (κ3) is 1.75. The van der Waals surface area contributed by atoms with Crippen molar-refractivity contribution in [3.8, 4) is 0 Å². The zero-order valence-corrected chi connectivity index (χ0v) is 8.49. The van der Waals surface area contributed by atoms with Crippen molar-refractivity contribution in [3.05, 3.63) is 33.6 Å². The number of rotatable bonds is 1. The van der Waals surface area contributed by atoms with Crippen molar-refractivity contribution < 1.29 is 22.7 Å². The van der Waals surface area contributed by atoms with Crippen molar-refractivity contribution >= 4 is 21.9 Å². The van der Waals surface area contributed by atoms with E-state index in [-0.39, 0.29) is 4.47 Å². The van der Waals surface area contributed by atoms with Crippen LogP contribution >= 0.6 is 15.9 Å². The molecule has 76 valence electrons. The van der Waals surface area contributed by atoms with Gasteiger partial charge in [-0.1, -0.05) is 0 Å². The average molecular weight is 269 g/mol. The van der Waals surface area contributed by atoms with Crippen LogP contribution in [0.1, 0.15) is 10.4 Å². The zero-order chi connectivity index (χ0) is 10.9. The van der Waals surface area contributed by atoms with Crippen LogP contribution in [0.3, 0.4) is 0 Å². The quantitative estimate of drug-likeness (QED) is 0.445.